The van der Waals surface area contributed by atoms with Crippen LogP contribution in [0.2, 0.25) is 0 Å². The van der Waals surface area contributed by atoms with Gasteiger partial charge < -0.3 is 5.32 Å². The van der Waals surface area contributed by atoms with Crippen LogP contribution in [0.3, 0.4) is 0 Å². The SMILES string of the molecule is O=C(Cn1c(=O)cnc2ccccc21)Nc1cccc(S(=O)(=O)N2CCCCC2)c1. The first-order valence-corrected chi connectivity index (χ1v) is 11.2. The lowest BCUT2D eigenvalue weighted by atomic mass is 10.2. The highest BCUT2D eigenvalue weighted by Gasteiger charge is 2.26. The van der Waals surface area contributed by atoms with Gasteiger partial charge in [0.05, 0.1) is 22.1 Å². The van der Waals surface area contributed by atoms with Crippen LogP contribution < -0.4 is 10.9 Å². The number of carbonyl (C=O) groups excluding carboxylic acids is 1. The van der Waals surface area contributed by atoms with E-state index in [0.29, 0.717) is 29.8 Å². The maximum absolute atomic E-state index is 12.9. The van der Waals surface area contributed by atoms with Gasteiger partial charge in [-0.1, -0.05) is 24.6 Å². The number of amides is 1. The smallest absolute Gasteiger partial charge is 0.269 e. The van der Waals surface area contributed by atoms with E-state index in [1.54, 1.807) is 36.4 Å². The van der Waals surface area contributed by atoms with E-state index in [1.807, 2.05) is 0 Å². The van der Waals surface area contributed by atoms with E-state index in [4.69, 9.17) is 0 Å². The first kappa shape index (κ1) is 20.2. The number of fused-ring (bicyclic) bond motifs is 1. The van der Waals surface area contributed by atoms with Gasteiger partial charge in [-0.2, -0.15) is 4.31 Å². The number of hydrogen-bond acceptors (Lipinski definition) is 5. The summed E-state index contributed by atoms with van der Waals surface area (Å²) >= 11 is 0. The van der Waals surface area contributed by atoms with E-state index in [9.17, 15) is 18.0 Å². The summed E-state index contributed by atoms with van der Waals surface area (Å²) in [5.74, 6) is -0.430. The van der Waals surface area contributed by atoms with Gasteiger partial charge in [-0.3, -0.25) is 14.2 Å². The minimum absolute atomic E-state index is 0.147. The number of sulfonamides is 1. The number of piperidine rings is 1. The normalized spacial score (nSPS) is 15.2. The summed E-state index contributed by atoms with van der Waals surface area (Å²) in [6, 6.07) is 13.3. The van der Waals surface area contributed by atoms with Crippen molar-refractivity contribution in [2.45, 2.75) is 30.7 Å². The fourth-order valence-electron chi connectivity index (χ4n) is 3.61. The number of para-hydroxylation sites is 2. The topological polar surface area (TPSA) is 101 Å². The Morgan fingerprint density at radius 2 is 1.80 bits per heavy atom. The molecule has 1 aliphatic heterocycles. The van der Waals surface area contributed by atoms with E-state index in [0.717, 1.165) is 19.3 Å². The van der Waals surface area contributed by atoms with Crippen molar-refractivity contribution in [3.05, 3.63) is 65.1 Å². The Bertz CT molecular complexity index is 1250. The fourth-order valence-corrected chi connectivity index (χ4v) is 5.17. The second-order valence-corrected chi connectivity index (χ2v) is 9.15. The molecule has 156 valence electrons. The maximum Gasteiger partial charge on any atom is 0.269 e. The molecule has 0 unspecified atom stereocenters. The highest BCUT2D eigenvalue weighted by molar-refractivity contribution is 7.89. The minimum Gasteiger partial charge on any atom is -0.324 e. The molecule has 9 heteroatoms. The van der Waals surface area contributed by atoms with E-state index >= 15 is 0 Å². The largest absolute Gasteiger partial charge is 0.324 e. The quantitative estimate of drug-likeness (QED) is 0.674. The van der Waals surface area contributed by atoms with Crippen LogP contribution in [0, 0.1) is 0 Å². The van der Waals surface area contributed by atoms with Crippen molar-refractivity contribution in [3.63, 3.8) is 0 Å². The second-order valence-electron chi connectivity index (χ2n) is 7.21. The molecule has 0 spiro atoms. The first-order chi connectivity index (χ1) is 14.4. The van der Waals surface area contributed by atoms with Crippen molar-refractivity contribution in [2.24, 2.45) is 0 Å². The van der Waals surface area contributed by atoms with Crippen LogP contribution >= 0.6 is 0 Å². The Morgan fingerprint density at radius 3 is 2.60 bits per heavy atom. The van der Waals surface area contributed by atoms with Crippen LogP contribution in [-0.4, -0.2) is 41.3 Å². The van der Waals surface area contributed by atoms with E-state index in [-0.39, 0.29) is 17.0 Å². The summed E-state index contributed by atoms with van der Waals surface area (Å²) in [5, 5.41) is 2.70. The molecule has 0 bridgehead atoms. The molecule has 3 aromatic rings. The molecule has 1 fully saturated rings. The predicted octanol–water partition coefficient (Wildman–Crippen LogP) is 2.21. The summed E-state index contributed by atoms with van der Waals surface area (Å²) in [6.07, 6.45) is 3.92. The lowest BCUT2D eigenvalue weighted by molar-refractivity contribution is -0.116. The molecule has 0 saturated carbocycles. The molecule has 4 rings (SSSR count). The van der Waals surface area contributed by atoms with Crippen molar-refractivity contribution in [1.82, 2.24) is 13.9 Å². The number of carbonyl (C=O) groups is 1. The first-order valence-electron chi connectivity index (χ1n) is 9.80. The van der Waals surface area contributed by atoms with Crippen LogP contribution in [0.1, 0.15) is 19.3 Å². The van der Waals surface area contributed by atoms with Crippen LogP contribution in [0.5, 0.6) is 0 Å². The summed E-state index contributed by atoms with van der Waals surface area (Å²) < 4.78 is 28.6. The third-order valence-corrected chi connectivity index (χ3v) is 7.02. The van der Waals surface area contributed by atoms with Crippen LogP contribution in [-0.2, 0) is 21.4 Å². The number of nitrogens with one attached hydrogen (secondary N) is 1. The summed E-state index contributed by atoms with van der Waals surface area (Å²) in [6.45, 7) is 0.818. The van der Waals surface area contributed by atoms with Gasteiger partial charge in [0.2, 0.25) is 15.9 Å². The lowest BCUT2D eigenvalue weighted by Crippen LogP contribution is -2.35. The van der Waals surface area contributed by atoms with Crippen molar-refractivity contribution < 1.29 is 13.2 Å². The zero-order chi connectivity index (χ0) is 21.1. The standard InChI is InChI=1S/C21H22N4O4S/c26-20(15-25-19-10-3-2-9-18(19)22-14-21(25)27)23-16-7-6-8-17(13-16)30(28,29)24-11-4-1-5-12-24/h2-3,6-10,13-14H,1,4-5,11-12,15H2,(H,23,26). The van der Waals surface area contributed by atoms with Gasteiger partial charge in [-0.05, 0) is 43.2 Å². The van der Waals surface area contributed by atoms with Crippen molar-refractivity contribution in [1.29, 1.82) is 0 Å². The molecule has 0 atom stereocenters. The van der Waals surface area contributed by atoms with Crippen molar-refractivity contribution >= 4 is 32.7 Å². The van der Waals surface area contributed by atoms with Gasteiger partial charge in [0.1, 0.15) is 6.54 Å². The van der Waals surface area contributed by atoms with Gasteiger partial charge in [-0.15, -0.1) is 0 Å². The zero-order valence-electron chi connectivity index (χ0n) is 16.3. The molecule has 0 radical (unpaired) electrons. The average molecular weight is 426 g/mol. The Balaban J connectivity index is 1.54. The Morgan fingerprint density at radius 1 is 1.03 bits per heavy atom. The minimum atomic E-state index is -3.60. The molecule has 1 saturated heterocycles. The molecule has 2 aromatic carbocycles. The molecule has 1 aromatic heterocycles. The van der Waals surface area contributed by atoms with E-state index in [2.05, 4.69) is 10.3 Å². The molecule has 30 heavy (non-hydrogen) atoms. The molecular formula is C21H22N4O4S. The van der Waals surface area contributed by atoms with Gasteiger partial charge in [0.15, 0.2) is 0 Å². The summed E-state index contributed by atoms with van der Waals surface area (Å²) in [5.41, 5.74) is 1.15. The van der Waals surface area contributed by atoms with Gasteiger partial charge in [0, 0.05) is 18.8 Å². The molecule has 1 amide bonds. The van der Waals surface area contributed by atoms with Gasteiger partial charge in [-0.25, -0.2) is 13.4 Å². The number of nitrogens with zero attached hydrogens (tertiary/aromatic N) is 3. The lowest BCUT2D eigenvalue weighted by Gasteiger charge is -2.26. The third kappa shape index (κ3) is 4.12. The average Bonchev–Trinajstić information content (AvgIpc) is 2.76. The van der Waals surface area contributed by atoms with Crippen molar-refractivity contribution in [2.75, 3.05) is 18.4 Å². The number of rotatable bonds is 5. The number of anilines is 1. The third-order valence-electron chi connectivity index (χ3n) is 5.12. The van der Waals surface area contributed by atoms with Crippen LogP contribution in [0.4, 0.5) is 5.69 Å². The number of hydrogen-bond donors (Lipinski definition) is 1. The van der Waals surface area contributed by atoms with Gasteiger partial charge >= 0.3 is 0 Å². The molecule has 1 aliphatic rings. The monoisotopic (exact) mass is 426 g/mol. The molecule has 0 aliphatic carbocycles. The van der Waals surface area contributed by atoms with Crippen LogP contribution in [0.25, 0.3) is 11.0 Å². The molecule has 2 heterocycles. The molecular weight excluding hydrogens is 404 g/mol. The Hall–Kier alpha value is -3.04. The number of aromatic nitrogens is 2. The highest BCUT2D eigenvalue weighted by Crippen LogP contribution is 2.23. The zero-order valence-corrected chi connectivity index (χ0v) is 17.1. The van der Waals surface area contributed by atoms with Gasteiger partial charge in [0.25, 0.3) is 5.56 Å². The summed E-state index contributed by atoms with van der Waals surface area (Å²) in [7, 11) is -3.60. The molecule has 8 nitrogen and oxygen atoms in total. The Kier molecular flexibility index (Phi) is 5.65. The fraction of sp³-hybridized carbons (Fsp3) is 0.286. The summed E-state index contributed by atoms with van der Waals surface area (Å²) in [4.78, 5) is 29.0. The molecule has 1 N–H and O–H groups in total. The maximum atomic E-state index is 12.9. The highest BCUT2D eigenvalue weighted by atomic mass is 32.2. The number of benzene rings is 2. The van der Waals surface area contributed by atoms with E-state index in [1.165, 1.54) is 27.2 Å². The predicted molar refractivity (Wildman–Crippen MR) is 114 cm³/mol. The van der Waals surface area contributed by atoms with Crippen molar-refractivity contribution in [3.8, 4) is 0 Å². The second kappa shape index (κ2) is 8.37. The van der Waals surface area contributed by atoms with Crippen LogP contribution in [0.15, 0.2) is 64.4 Å². The van der Waals surface area contributed by atoms with E-state index < -0.39 is 15.9 Å². The Labute approximate surface area is 174 Å².